The number of rotatable bonds is 10. The summed E-state index contributed by atoms with van der Waals surface area (Å²) in [5.41, 5.74) is 4.74. The first-order chi connectivity index (χ1) is 15.7. The molecule has 1 fully saturated rings. The van der Waals surface area contributed by atoms with Crippen molar-refractivity contribution in [2.24, 2.45) is 11.8 Å². The van der Waals surface area contributed by atoms with Crippen molar-refractivity contribution < 1.29 is 0 Å². The van der Waals surface area contributed by atoms with E-state index in [1.807, 2.05) is 6.07 Å². The maximum absolute atomic E-state index is 6.65. The van der Waals surface area contributed by atoms with Crippen molar-refractivity contribution in [2.45, 2.75) is 97.3 Å². The molecule has 1 saturated carbocycles. The Morgan fingerprint density at radius 2 is 1.53 bits per heavy atom. The van der Waals surface area contributed by atoms with E-state index in [-0.39, 0.29) is 0 Å². The third kappa shape index (κ3) is 8.01. The fraction of sp³-hybridized carbons (Fsp3) is 0.548. The second kappa shape index (κ2) is 13.7. The molecule has 3 rings (SSSR count). The van der Waals surface area contributed by atoms with Gasteiger partial charge in [0.15, 0.2) is 0 Å². The van der Waals surface area contributed by atoms with Gasteiger partial charge in [-0.25, -0.2) is 0 Å². The average Bonchev–Trinajstić information content (AvgIpc) is 2.82. The smallest absolute Gasteiger partial charge is 0.0496 e. The largest absolute Gasteiger partial charge is 0.0945 e. The molecule has 2 aromatic carbocycles. The van der Waals surface area contributed by atoms with Crippen molar-refractivity contribution in [3.8, 4) is 23.0 Å². The van der Waals surface area contributed by atoms with Crippen LogP contribution in [-0.4, -0.2) is 0 Å². The number of unbranched alkanes of at least 4 members (excludes halogenated alkanes) is 5. The minimum absolute atomic E-state index is 0.556. The van der Waals surface area contributed by atoms with Crippen molar-refractivity contribution in [2.75, 3.05) is 0 Å². The second-order valence-corrected chi connectivity index (χ2v) is 10.1. The van der Waals surface area contributed by atoms with Gasteiger partial charge in [0.05, 0.1) is 0 Å². The Kier molecular flexibility index (Phi) is 10.7. The summed E-state index contributed by atoms with van der Waals surface area (Å²) < 4.78 is 0. The van der Waals surface area contributed by atoms with Crippen molar-refractivity contribution in [1.82, 2.24) is 0 Å². The first-order valence-electron chi connectivity index (χ1n) is 13.1. The maximum atomic E-state index is 6.65. The zero-order valence-electron chi connectivity index (χ0n) is 20.3. The zero-order chi connectivity index (χ0) is 22.6. The van der Waals surface area contributed by atoms with Gasteiger partial charge >= 0.3 is 0 Å². The van der Waals surface area contributed by atoms with Crippen LogP contribution in [0.4, 0.5) is 0 Å². The molecular weight excluding hydrogens is 408 g/mol. The molecule has 0 N–H and O–H groups in total. The molecule has 0 heterocycles. The SMILES string of the molecule is CCCCCCC1CCC(C#Cc2ccc(-c3ccc(CCCCC)cc3)c(Cl)c2)CC1. The van der Waals surface area contributed by atoms with Gasteiger partial charge in [0.1, 0.15) is 0 Å². The van der Waals surface area contributed by atoms with Crippen LogP contribution in [-0.2, 0) is 6.42 Å². The monoisotopic (exact) mass is 448 g/mol. The highest BCUT2D eigenvalue weighted by Crippen LogP contribution is 2.32. The number of aryl methyl sites for hydroxylation is 1. The summed E-state index contributed by atoms with van der Waals surface area (Å²) >= 11 is 6.65. The van der Waals surface area contributed by atoms with Gasteiger partial charge < -0.3 is 0 Å². The van der Waals surface area contributed by atoms with Gasteiger partial charge in [-0.1, -0.05) is 113 Å². The Hall–Kier alpha value is -1.71. The zero-order valence-corrected chi connectivity index (χ0v) is 21.0. The number of halogens is 1. The lowest BCUT2D eigenvalue weighted by molar-refractivity contribution is 0.294. The second-order valence-electron chi connectivity index (χ2n) is 9.68. The molecule has 0 nitrogen and oxygen atoms in total. The van der Waals surface area contributed by atoms with Crippen LogP contribution in [0, 0.1) is 23.7 Å². The van der Waals surface area contributed by atoms with E-state index in [0.29, 0.717) is 5.92 Å². The molecule has 0 amide bonds. The molecule has 2 aromatic rings. The Morgan fingerprint density at radius 1 is 0.812 bits per heavy atom. The van der Waals surface area contributed by atoms with E-state index < -0.39 is 0 Å². The lowest BCUT2D eigenvalue weighted by atomic mass is 9.80. The molecule has 32 heavy (non-hydrogen) atoms. The number of hydrogen-bond donors (Lipinski definition) is 0. The fourth-order valence-corrected chi connectivity index (χ4v) is 5.19. The predicted octanol–water partition coefficient (Wildman–Crippen LogP) is 9.87. The summed E-state index contributed by atoms with van der Waals surface area (Å²) in [6.45, 7) is 4.54. The van der Waals surface area contributed by atoms with E-state index in [1.54, 1.807) is 0 Å². The Morgan fingerprint density at radius 3 is 2.22 bits per heavy atom. The first kappa shape index (κ1) is 24.9. The topological polar surface area (TPSA) is 0 Å². The molecule has 0 unspecified atom stereocenters. The van der Waals surface area contributed by atoms with Gasteiger partial charge in [0.2, 0.25) is 0 Å². The standard InChI is InChI=1S/C31H41Cl/c1-3-5-7-9-11-25-12-14-27(15-13-25)16-17-28-20-23-30(31(32)24-28)29-21-18-26(19-22-29)10-8-6-4-2/h18-25,27H,3-15H2,1-2H3. The minimum atomic E-state index is 0.556. The third-order valence-electron chi connectivity index (χ3n) is 7.04. The molecule has 0 bridgehead atoms. The normalized spacial score (nSPS) is 18.2. The molecule has 172 valence electrons. The maximum Gasteiger partial charge on any atom is 0.0496 e. The summed E-state index contributed by atoms with van der Waals surface area (Å²) in [4.78, 5) is 0. The fourth-order valence-electron chi connectivity index (χ4n) is 4.90. The van der Waals surface area contributed by atoms with Crippen LogP contribution >= 0.6 is 11.6 Å². The van der Waals surface area contributed by atoms with Gasteiger partial charge in [-0.2, -0.15) is 0 Å². The molecule has 0 spiro atoms. The number of benzene rings is 2. The average molecular weight is 449 g/mol. The van der Waals surface area contributed by atoms with E-state index in [4.69, 9.17) is 11.6 Å². The molecule has 1 heteroatoms. The number of hydrogen-bond acceptors (Lipinski definition) is 0. The summed E-state index contributed by atoms with van der Waals surface area (Å²) in [5, 5.41) is 0.798. The Balaban J connectivity index is 1.51. The van der Waals surface area contributed by atoms with Gasteiger partial charge in [-0.15, -0.1) is 0 Å². The van der Waals surface area contributed by atoms with E-state index in [2.05, 4.69) is 62.1 Å². The molecule has 1 aliphatic rings. The quantitative estimate of drug-likeness (QED) is 0.250. The summed E-state index contributed by atoms with van der Waals surface area (Å²) in [6.07, 6.45) is 17.2. The third-order valence-corrected chi connectivity index (χ3v) is 7.35. The highest BCUT2D eigenvalue weighted by Gasteiger charge is 2.19. The van der Waals surface area contributed by atoms with Crippen LogP contribution < -0.4 is 0 Å². The summed E-state index contributed by atoms with van der Waals surface area (Å²) in [5.74, 6) is 8.45. The van der Waals surface area contributed by atoms with E-state index in [0.717, 1.165) is 28.5 Å². The lowest BCUT2D eigenvalue weighted by Gasteiger charge is -2.25. The first-order valence-corrected chi connectivity index (χ1v) is 13.5. The van der Waals surface area contributed by atoms with Gasteiger partial charge in [0.25, 0.3) is 0 Å². The van der Waals surface area contributed by atoms with Gasteiger partial charge in [0, 0.05) is 22.1 Å². The summed E-state index contributed by atoms with van der Waals surface area (Å²) in [7, 11) is 0. The van der Waals surface area contributed by atoms with Gasteiger partial charge in [-0.05, 0) is 67.7 Å². The van der Waals surface area contributed by atoms with E-state index in [9.17, 15) is 0 Å². The Bertz CT molecular complexity index is 860. The van der Waals surface area contributed by atoms with Crippen LogP contribution in [0.5, 0.6) is 0 Å². The predicted molar refractivity (Wildman–Crippen MR) is 141 cm³/mol. The molecule has 0 atom stereocenters. The van der Waals surface area contributed by atoms with Crippen molar-refractivity contribution >= 4 is 11.6 Å². The lowest BCUT2D eigenvalue weighted by Crippen LogP contribution is -2.13. The molecule has 1 aliphatic carbocycles. The minimum Gasteiger partial charge on any atom is -0.0945 e. The molecule has 0 radical (unpaired) electrons. The van der Waals surface area contributed by atoms with Gasteiger partial charge in [-0.3, -0.25) is 0 Å². The van der Waals surface area contributed by atoms with Crippen LogP contribution in [0.1, 0.15) is 102 Å². The molecule has 0 aliphatic heterocycles. The molecule has 0 aromatic heterocycles. The molecule has 0 saturated heterocycles. The highest BCUT2D eigenvalue weighted by molar-refractivity contribution is 6.33. The van der Waals surface area contributed by atoms with Crippen LogP contribution in [0.2, 0.25) is 5.02 Å². The summed E-state index contributed by atoms with van der Waals surface area (Å²) in [6, 6.07) is 15.2. The highest BCUT2D eigenvalue weighted by atomic mass is 35.5. The van der Waals surface area contributed by atoms with Crippen LogP contribution in [0.25, 0.3) is 11.1 Å². The van der Waals surface area contributed by atoms with Crippen molar-refractivity contribution in [3.05, 3.63) is 58.6 Å². The molecular formula is C31H41Cl. The van der Waals surface area contributed by atoms with E-state index in [1.165, 1.54) is 88.2 Å². The van der Waals surface area contributed by atoms with Crippen LogP contribution in [0.15, 0.2) is 42.5 Å². The van der Waals surface area contributed by atoms with Crippen molar-refractivity contribution in [3.63, 3.8) is 0 Å². The van der Waals surface area contributed by atoms with Crippen LogP contribution in [0.3, 0.4) is 0 Å². The Labute approximate surface area is 202 Å². The van der Waals surface area contributed by atoms with Crippen molar-refractivity contribution in [1.29, 1.82) is 0 Å². The van der Waals surface area contributed by atoms with E-state index >= 15 is 0 Å².